The smallest absolute Gasteiger partial charge is 0.164 e. The van der Waals surface area contributed by atoms with Crippen molar-refractivity contribution >= 4 is 11.8 Å². The van der Waals surface area contributed by atoms with E-state index in [9.17, 15) is 0 Å². The molecule has 32 valence electrons. The zero-order valence-corrected chi connectivity index (χ0v) is 4.58. The van der Waals surface area contributed by atoms with Crippen molar-refractivity contribution in [2.75, 3.05) is 21.1 Å². The molecule has 0 bridgehead atoms. The first-order valence-corrected chi connectivity index (χ1v) is 1.85. The topological polar surface area (TPSA) is 0 Å². The molecule has 0 saturated heterocycles. The number of rotatable bonds is 0. The minimum absolute atomic E-state index is 0.472. The summed E-state index contributed by atoms with van der Waals surface area (Å²) in [5.74, 6) is 0. The summed E-state index contributed by atoms with van der Waals surface area (Å²) in [5.41, 5.74) is 0. The summed E-state index contributed by atoms with van der Waals surface area (Å²) >= 11 is 5.47. The maximum atomic E-state index is 5.47. The standard InChI is InChI=1S/C3H9ClN/c1-5(2,3)4/h1-3H3/q+1. The van der Waals surface area contributed by atoms with Crippen molar-refractivity contribution < 1.29 is 4.00 Å². The van der Waals surface area contributed by atoms with Gasteiger partial charge in [-0.3, -0.25) is 0 Å². The number of quaternary nitrogens is 1. The van der Waals surface area contributed by atoms with Crippen LogP contribution < -0.4 is 0 Å². The predicted octanol–water partition coefficient (Wildman–Crippen LogP) is 0.846. The third kappa shape index (κ3) is 344. The molecule has 0 aromatic carbocycles. The minimum atomic E-state index is 0.472. The highest BCUT2D eigenvalue weighted by atomic mass is 35.5. The van der Waals surface area contributed by atoms with E-state index in [0.717, 1.165) is 0 Å². The van der Waals surface area contributed by atoms with Crippen molar-refractivity contribution in [3.63, 3.8) is 0 Å². The van der Waals surface area contributed by atoms with Crippen LogP contribution in [-0.4, -0.2) is 25.1 Å². The molecule has 0 aliphatic heterocycles. The van der Waals surface area contributed by atoms with Crippen molar-refractivity contribution in [2.45, 2.75) is 0 Å². The second kappa shape index (κ2) is 1.15. The molecule has 0 unspecified atom stereocenters. The lowest BCUT2D eigenvalue weighted by molar-refractivity contribution is -0.747. The summed E-state index contributed by atoms with van der Waals surface area (Å²) < 4.78 is 0.472. The van der Waals surface area contributed by atoms with E-state index in [4.69, 9.17) is 11.8 Å². The van der Waals surface area contributed by atoms with Crippen molar-refractivity contribution in [1.82, 2.24) is 0 Å². The van der Waals surface area contributed by atoms with E-state index < -0.39 is 0 Å². The second-order valence-electron chi connectivity index (χ2n) is 1.85. The van der Waals surface area contributed by atoms with E-state index >= 15 is 0 Å². The molecule has 0 rings (SSSR count). The molecule has 0 radical (unpaired) electrons. The Balaban J connectivity index is 3.02. The highest BCUT2D eigenvalue weighted by Crippen LogP contribution is 1.91. The molecule has 0 aliphatic carbocycles. The maximum absolute atomic E-state index is 5.47. The van der Waals surface area contributed by atoms with Crippen LogP contribution in [0.5, 0.6) is 0 Å². The lowest BCUT2D eigenvalue weighted by Crippen LogP contribution is -2.19. The molecule has 0 spiro atoms. The Morgan fingerprint density at radius 2 is 1.20 bits per heavy atom. The van der Waals surface area contributed by atoms with Crippen LogP contribution in [0.2, 0.25) is 0 Å². The molecule has 0 atom stereocenters. The van der Waals surface area contributed by atoms with E-state index in [-0.39, 0.29) is 0 Å². The maximum Gasteiger partial charge on any atom is 0.164 e. The van der Waals surface area contributed by atoms with Crippen LogP contribution in [0.4, 0.5) is 0 Å². The summed E-state index contributed by atoms with van der Waals surface area (Å²) in [6, 6.07) is 0. The third-order valence-electron chi connectivity index (χ3n) is 0. The summed E-state index contributed by atoms with van der Waals surface area (Å²) in [4.78, 5) is 0. The Hall–Kier alpha value is 0.250. The first kappa shape index (κ1) is 5.25. The molecular formula is C3H9ClN+. The van der Waals surface area contributed by atoms with Gasteiger partial charge in [0.1, 0.15) is 0 Å². The van der Waals surface area contributed by atoms with Gasteiger partial charge < -0.3 is 0 Å². The van der Waals surface area contributed by atoms with Gasteiger partial charge in [0.05, 0.1) is 21.1 Å². The summed E-state index contributed by atoms with van der Waals surface area (Å²) in [7, 11) is 5.67. The van der Waals surface area contributed by atoms with Gasteiger partial charge in [0.15, 0.2) is 11.8 Å². The van der Waals surface area contributed by atoms with Gasteiger partial charge in [0.25, 0.3) is 0 Å². The Morgan fingerprint density at radius 1 is 1.20 bits per heavy atom. The Bertz CT molecular complexity index is 22.4. The molecule has 0 N–H and O–H groups in total. The van der Waals surface area contributed by atoms with Crippen LogP contribution in [0.1, 0.15) is 0 Å². The molecule has 0 aliphatic rings. The van der Waals surface area contributed by atoms with Gasteiger partial charge >= 0.3 is 0 Å². The van der Waals surface area contributed by atoms with E-state index in [1.165, 1.54) is 0 Å². The van der Waals surface area contributed by atoms with Gasteiger partial charge in [-0.2, -0.15) is 0 Å². The molecule has 0 heterocycles. The van der Waals surface area contributed by atoms with Gasteiger partial charge in [0, 0.05) is 0 Å². The normalized spacial score (nSPS) is 12.0. The van der Waals surface area contributed by atoms with Crippen LogP contribution in [0.25, 0.3) is 0 Å². The zero-order chi connectivity index (χ0) is 4.50. The number of nitrogens with zero attached hydrogens (tertiary/aromatic N) is 1. The number of hydrogen-bond donors (Lipinski definition) is 0. The minimum Gasteiger partial charge on any atom is -0.229 e. The van der Waals surface area contributed by atoms with Crippen molar-refractivity contribution in [3.8, 4) is 0 Å². The molecule has 0 saturated carbocycles. The predicted molar refractivity (Wildman–Crippen MR) is 23.9 cm³/mol. The third-order valence-corrected chi connectivity index (χ3v) is 0. The summed E-state index contributed by atoms with van der Waals surface area (Å²) in [6.07, 6.45) is 0. The molecule has 5 heavy (non-hydrogen) atoms. The van der Waals surface area contributed by atoms with Crippen molar-refractivity contribution in [2.24, 2.45) is 0 Å². The largest absolute Gasteiger partial charge is 0.229 e. The molecule has 0 fully saturated rings. The van der Waals surface area contributed by atoms with Gasteiger partial charge in [-0.15, -0.1) is 0 Å². The van der Waals surface area contributed by atoms with Gasteiger partial charge in [-0.1, -0.05) is 0 Å². The Kier molecular flexibility index (Phi) is 1.21. The fourth-order valence-corrected chi connectivity index (χ4v) is 0. The quantitative estimate of drug-likeness (QED) is 0.391. The fraction of sp³-hybridized carbons (Fsp3) is 1.00. The summed E-state index contributed by atoms with van der Waals surface area (Å²) in [6.45, 7) is 0. The van der Waals surface area contributed by atoms with Crippen LogP contribution in [0.15, 0.2) is 0 Å². The Labute approximate surface area is 37.9 Å². The van der Waals surface area contributed by atoms with Crippen LogP contribution >= 0.6 is 11.8 Å². The molecule has 0 aromatic rings. The molecule has 0 amide bonds. The molecular weight excluding hydrogens is 85.5 g/mol. The lowest BCUT2D eigenvalue weighted by Gasteiger charge is -2.07. The number of hydrogen-bond acceptors (Lipinski definition) is 0. The number of halogens is 1. The first-order valence-electron chi connectivity index (χ1n) is 1.51. The molecule has 2 heteroatoms. The van der Waals surface area contributed by atoms with Crippen LogP contribution in [0, 0.1) is 0 Å². The SMILES string of the molecule is C[N+](C)(C)Cl. The Morgan fingerprint density at radius 3 is 1.20 bits per heavy atom. The van der Waals surface area contributed by atoms with Crippen molar-refractivity contribution in [1.29, 1.82) is 0 Å². The van der Waals surface area contributed by atoms with E-state index in [1.807, 2.05) is 21.1 Å². The average Bonchev–Trinajstić information content (AvgIpc) is 0.722. The summed E-state index contributed by atoms with van der Waals surface area (Å²) in [5, 5.41) is 0. The fourth-order valence-electron chi connectivity index (χ4n) is 0. The van der Waals surface area contributed by atoms with E-state index in [1.54, 1.807) is 0 Å². The van der Waals surface area contributed by atoms with Crippen molar-refractivity contribution in [3.05, 3.63) is 0 Å². The second-order valence-corrected chi connectivity index (χ2v) is 2.86. The van der Waals surface area contributed by atoms with E-state index in [2.05, 4.69) is 0 Å². The van der Waals surface area contributed by atoms with Gasteiger partial charge in [-0.25, -0.2) is 4.00 Å². The van der Waals surface area contributed by atoms with Gasteiger partial charge in [-0.05, 0) is 0 Å². The van der Waals surface area contributed by atoms with Crippen LogP contribution in [0.3, 0.4) is 0 Å². The molecule has 1 nitrogen and oxygen atoms in total. The zero-order valence-electron chi connectivity index (χ0n) is 3.83. The van der Waals surface area contributed by atoms with Gasteiger partial charge in [0.2, 0.25) is 0 Å². The lowest BCUT2D eigenvalue weighted by atomic mass is 11.0. The van der Waals surface area contributed by atoms with Crippen LogP contribution in [-0.2, 0) is 0 Å². The highest BCUT2D eigenvalue weighted by molar-refractivity contribution is 6.06. The monoisotopic (exact) mass is 94.0 g/mol. The highest BCUT2D eigenvalue weighted by Gasteiger charge is 1.95. The van der Waals surface area contributed by atoms with E-state index in [0.29, 0.717) is 4.00 Å². The average molecular weight is 94.6 g/mol. The first-order chi connectivity index (χ1) is 2.00. The molecule has 0 aromatic heterocycles.